The third kappa shape index (κ3) is 2.71. The van der Waals surface area contributed by atoms with Crippen molar-refractivity contribution in [3.8, 4) is 0 Å². The highest BCUT2D eigenvalue weighted by Crippen LogP contribution is 2.26. The van der Waals surface area contributed by atoms with E-state index in [1.54, 1.807) is 18.2 Å². The number of nitrogens with two attached hydrogens (primary N) is 1. The van der Waals surface area contributed by atoms with Gasteiger partial charge in [0.25, 0.3) is 0 Å². The van der Waals surface area contributed by atoms with E-state index in [1.807, 2.05) is 0 Å². The molecule has 1 aliphatic rings. The quantitative estimate of drug-likeness (QED) is 0.415. The molecule has 20 heavy (non-hydrogen) atoms. The summed E-state index contributed by atoms with van der Waals surface area (Å²) in [5.74, 6) is -1.28. The summed E-state index contributed by atoms with van der Waals surface area (Å²) in [4.78, 5) is 34.5. The standard InChI is InChI=1S/C13H15N3O4/c1-20-13(19)7-3-2-4-8(14)11(7)15-9-5-6-10(17)16-12(9)18/h2-4,9,15H,5-6,14H2,1H3,(H,16,17,18). The van der Waals surface area contributed by atoms with E-state index in [-0.39, 0.29) is 17.9 Å². The summed E-state index contributed by atoms with van der Waals surface area (Å²) in [5, 5.41) is 5.15. The largest absolute Gasteiger partial charge is 0.465 e. The number of anilines is 2. The molecule has 0 bridgehead atoms. The number of methoxy groups -OCH3 is 1. The Kier molecular flexibility index (Phi) is 3.88. The highest BCUT2D eigenvalue weighted by molar-refractivity contribution is 6.03. The van der Waals surface area contributed by atoms with Crippen molar-refractivity contribution < 1.29 is 19.1 Å². The molecule has 7 nitrogen and oxygen atoms in total. The van der Waals surface area contributed by atoms with Crippen molar-refractivity contribution in [3.05, 3.63) is 23.8 Å². The van der Waals surface area contributed by atoms with Gasteiger partial charge in [0.2, 0.25) is 11.8 Å². The minimum Gasteiger partial charge on any atom is -0.465 e. The molecule has 2 rings (SSSR count). The van der Waals surface area contributed by atoms with Crippen LogP contribution in [-0.2, 0) is 14.3 Å². The van der Waals surface area contributed by atoms with Crippen LogP contribution < -0.4 is 16.4 Å². The lowest BCUT2D eigenvalue weighted by molar-refractivity contribution is -0.133. The molecule has 0 aliphatic carbocycles. The van der Waals surface area contributed by atoms with Gasteiger partial charge < -0.3 is 15.8 Å². The molecule has 1 saturated heterocycles. The van der Waals surface area contributed by atoms with Gasteiger partial charge in [0.15, 0.2) is 0 Å². The highest BCUT2D eigenvalue weighted by atomic mass is 16.5. The fourth-order valence-corrected chi connectivity index (χ4v) is 2.02. The van der Waals surface area contributed by atoms with Crippen LogP contribution in [0.25, 0.3) is 0 Å². The summed E-state index contributed by atoms with van der Waals surface area (Å²) in [6.07, 6.45) is 0.587. The summed E-state index contributed by atoms with van der Waals surface area (Å²) in [6, 6.07) is 4.18. The van der Waals surface area contributed by atoms with Gasteiger partial charge in [-0.25, -0.2) is 4.79 Å². The molecule has 1 fully saturated rings. The van der Waals surface area contributed by atoms with E-state index in [2.05, 4.69) is 15.4 Å². The van der Waals surface area contributed by atoms with E-state index in [0.29, 0.717) is 17.8 Å². The monoisotopic (exact) mass is 277 g/mol. The Bertz CT molecular complexity index is 571. The first kappa shape index (κ1) is 13.9. The number of esters is 1. The van der Waals surface area contributed by atoms with Crippen molar-refractivity contribution in [2.75, 3.05) is 18.2 Å². The lowest BCUT2D eigenvalue weighted by atomic mass is 10.0. The van der Waals surface area contributed by atoms with Crippen LogP contribution in [0.15, 0.2) is 18.2 Å². The number of hydrogen-bond donors (Lipinski definition) is 3. The van der Waals surface area contributed by atoms with E-state index in [4.69, 9.17) is 5.73 Å². The lowest BCUT2D eigenvalue weighted by Gasteiger charge is -2.24. The molecule has 1 unspecified atom stereocenters. The van der Waals surface area contributed by atoms with Crippen LogP contribution in [-0.4, -0.2) is 30.9 Å². The van der Waals surface area contributed by atoms with E-state index < -0.39 is 17.9 Å². The number of piperidine rings is 1. The van der Waals surface area contributed by atoms with Gasteiger partial charge in [-0.2, -0.15) is 0 Å². The second-order valence-corrected chi connectivity index (χ2v) is 4.41. The van der Waals surface area contributed by atoms with Gasteiger partial charge in [-0.15, -0.1) is 0 Å². The first-order valence-corrected chi connectivity index (χ1v) is 6.10. The van der Waals surface area contributed by atoms with Crippen molar-refractivity contribution in [1.29, 1.82) is 0 Å². The number of ether oxygens (including phenoxy) is 1. The molecule has 4 N–H and O–H groups in total. The number of carbonyl (C=O) groups is 3. The minimum absolute atomic E-state index is 0.240. The molecule has 1 aromatic carbocycles. The molecule has 0 saturated carbocycles. The molecule has 1 aromatic rings. The van der Waals surface area contributed by atoms with Gasteiger partial charge in [-0.05, 0) is 18.6 Å². The summed E-state index contributed by atoms with van der Waals surface area (Å²) in [5.41, 5.74) is 6.75. The molecular weight excluding hydrogens is 262 g/mol. The second-order valence-electron chi connectivity index (χ2n) is 4.41. The minimum atomic E-state index is -0.610. The van der Waals surface area contributed by atoms with Crippen LogP contribution in [0.1, 0.15) is 23.2 Å². The molecule has 1 aliphatic heterocycles. The van der Waals surface area contributed by atoms with Crippen LogP contribution in [0, 0.1) is 0 Å². The Labute approximate surface area is 115 Å². The molecule has 1 heterocycles. The van der Waals surface area contributed by atoms with Gasteiger partial charge >= 0.3 is 5.97 Å². The zero-order valence-corrected chi connectivity index (χ0v) is 10.9. The van der Waals surface area contributed by atoms with Crippen molar-refractivity contribution >= 4 is 29.2 Å². The first-order valence-electron chi connectivity index (χ1n) is 6.10. The fraction of sp³-hybridized carbons (Fsp3) is 0.308. The zero-order chi connectivity index (χ0) is 14.7. The number of rotatable bonds is 3. The maximum absolute atomic E-state index is 11.7. The predicted molar refractivity (Wildman–Crippen MR) is 72.0 cm³/mol. The number of nitrogen functional groups attached to an aromatic ring is 1. The summed E-state index contributed by atoms with van der Waals surface area (Å²) >= 11 is 0. The van der Waals surface area contributed by atoms with Gasteiger partial charge in [0.05, 0.1) is 24.0 Å². The Hall–Kier alpha value is -2.57. The maximum Gasteiger partial charge on any atom is 0.340 e. The number of para-hydroxylation sites is 1. The summed E-state index contributed by atoms with van der Waals surface area (Å²) in [7, 11) is 1.27. The van der Waals surface area contributed by atoms with E-state index in [9.17, 15) is 14.4 Å². The average molecular weight is 277 g/mol. The number of benzene rings is 1. The van der Waals surface area contributed by atoms with Crippen LogP contribution in [0.5, 0.6) is 0 Å². The van der Waals surface area contributed by atoms with Gasteiger partial charge in [0.1, 0.15) is 6.04 Å². The van der Waals surface area contributed by atoms with Crippen molar-refractivity contribution in [2.24, 2.45) is 0 Å². The van der Waals surface area contributed by atoms with E-state index in [0.717, 1.165) is 0 Å². The zero-order valence-electron chi connectivity index (χ0n) is 10.9. The molecule has 2 amide bonds. The SMILES string of the molecule is COC(=O)c1cccc(N)c1NC1CCC(=O)NC1=O. The number of amides is 2. The third-order valence-electron chi connectivity index (χ3n) is 3.06. The Morgan fingerprint density at radius 3 is 2.85 bits per heavy atom. The van der Waals surface area contributed by atoms with Gasteiger partial charge in [0, 0.05) is 6.42 Å². The first-order chi connectivity index (χ1) is 9.52. The number of carbonyl (C=O) groups excluding carboxylic acids is 3. The number of nitrogens with one attached hydrogen (secondary N) is 2. The normalized spacial score (nSPS) is 18.4. The lowest BCUT2D eigenvalue weighted by Crippen LogP contribution is -2.47. The fourth-order valence-electron chi connectivity index (χ4n) is 2.02. The van der Waals surface area contributed by atoms with Crippen molar-refractivity contribution in [2.45, 2.75) is 18.9 Å². The van der Waals surface area contributed by atoms with Gasteiger partial charge in [-0.1, -0.05) is 6.07 Å². The average Bonchev–Trinajstić information content (AvgIpc) is 2.42. The topological polar surface area (TPSA) is 111 Å². The smallest absolute Gasteiger partial charge is 0.340 e. The molecular formula is C13H15N3O4. The predicted octanol–water partition coefficient (Wildman–Crippen LogP) is 0.272. The molecule has 0 radical (unpaired) electrons. The van der Waals surface area contributed by atoms with Gasteiger partial charge in [-0.3, -0.25) is 14.9 Å². The van der Waals surface area contributed by atoms with E-state index >= 15 is 0 Å². The summed E-state index contributed by atoms with van der Waals surface area (Å²) < 4.78 is 4.68. The Morgan fingerprint density at radius 2 is 2.20 bits per heavy atom. The van der Waals surface area contributed by atoms with Crippen molar-refractivity contribution in [3.63, 3.8) is 0 Å². The van der Waals surface area contributed by atoms with E-state index in [1.165, 1.54) is 7.11 Å². The van der Waals surface area contributed by atoms with Crippen LogP contribution in [0.4, 0.5) is 11.4 Å². The number of imide groups is 1. The molecule has 106 valence electrons. The Balaban J connectivity index is 2.27. The van der Waals surface area contributed by atoms with Crippen molar-refractivity contribution in [1.82, 2.24) is 5.32 Å². The van der Waals surface area contributed by atoms with Crippen LogP contribution >= 0.6 is 0 Å². The molecule has 0 aromatic heterocycles. The van der Waals surface area contributed by atoms with Crippen LogP contribution in [0.3, 0.4) is 0 Å². The second kappa shape index (κ2) is 5.60. The molecule has 0 spiro atoms. The third-order valence-corrected chi connectivity index (χ3v) is 3.06. The molecule has 7 heteroatoms. The highest BCUT2D eigenvalue weighted by Gasteiger charge is 2.28. The summed E-state index contributed by atoms with van der Waals surface area (Å²) in [6.45, 7) is 0. The van der Waals surface area contributed by atoms with Crippen LogP contribution in [0.2, 0.25) is 0 Å². The molecule has 1 atom stereocenters. The number of hydrogen-bond acceptors (Lipinski definition) is 6. The Morgan fingerprint density at radius 1 is 1.45 bits per heavy atom. The maximum atomic E-state index is 11.7.